The Kier molecular flexibility index (Phi) is 2.47. The van der Waals surface area contributed by atoms with Crippen LogP contribution >= 0.6 is 0 Å². The fourth-order valence-electron chi connectivity index (χ4n) is 2.49. The molecule has 2 heteroatoms. The molecule has 1 atom stereocenters. The third kappa shape index (κ3) is 1.63. The van der Waals surface area contributed by atoms with E-state index >= 15 is 0 Å². The van der Waals surface area contributed by atoms with Crippen LogP contribution in [0.3, 0.4) is 0 Å². The molecule has 1 aromatic rings. The number of anilines is 1. The number of benzene rings is 1. The molecule has 1 saturated carbocycles. The van der Waals surface area contributed by atoms with E-state index in [0.29, 0.717) is 11.5 Å². The molecule has 1 aliphatic rings. The molecule has 15 heavy (non-hydrogen) atoms. The summed E-state index contributed by atoms with van der Waals surface area (Å²) in [5, 5.41) is 0. The van der Waals surface area contributed by atoms with Gasteiger partial charge in [-0.15, -0.1) is 0 Å². The Balaban J connectivity index is 2.35. The summed E-state index contributed by atoms with van der Waals surface area (Å²) < 4.78 is 0. The van der Waals surface area contributed by atoms with E-state index in [4.69, 9.17) is 5.73 Å². The fourth-order valence-corrected chi connectivity index (χ4v) is 2.49. The van der Waals surface area contributed by atoms with Gasteiger partial charge >= 0.3 is 0 Å². The normalized spacial score (nSPS) is 20.3. The monoisotopic (exact) mass is 204 g/mol. The van der Waals surface area contributed by atoms with Crippen LogP contribution in [0.25, 0.3) is 0 Å². The second-order valence-electron chi connectivity index (χ2n) is 4.88. The summed E-state index contributed by atoms with van der Waals surface area (Å²) >= 11 is 0. The Morgan fingerprint density at radius 1 is 1.27 bits per heavy atom. The van der Waals surface area contributed by atoms with Crippen molar-refractivity contribution in [2.45, 2.75) is 31.2 Å². The molecule has 2 rings (SSSR count). The van der Waals surface area contributed by atoms with Gasteiger partial charge in [-0.2, -0.15) is 0 Å². The van der Waals surface area contributed by atoms with Crippen LogP contribution in [-0.4, -0.2) is 25.0 Å². The maximum atomic E-state index is 6.07. The third-order valence-electron chi connectivity index (χ3n) is 3.86. The van der Waals surface area contributed by atoms with Gasteiger partial charge < -0.3 is 10.6 Å². The second kappa shape index (κ2) is 3.53. The quantitative estimate of drug-likeness (QED) is 0.765. The van der Waals surface area contributed by atoms with Gasteiger partial charge in [-0.05, 0) is 45.5 Å². The number of nitrogen functional groups attached to an aromatic ring is 1. The number of hydrogen-bond acceptors (Lipinski definition) is 2. The van der Waals surface area contributed by atoms with Crippen molar-refractivity contribution in [1.82, 2.24) is 4.90 Å². The third-order valence-corrected chi connectivity index (χ3v) is 3.86. The number of nitrogens with two attached hydrogens (primary N) is 1. The van der Waals surface area contributed by atoms with Crippen LogP contribution in [0.1, 0.15) is 25.3 Å². The first kappa shape index (κ1) is 10.5. The van der Waals surface area contributed by atoms with E-state index in [1.54, 1.807) is 0 Å². The molecule has 0 radical (unpaired) electrons. The summed E-state index contributed by atoms with van der Waals surface area (Å²) in [5.41, 5.74) is 8.67. The zero-order valence-corrected chi connectivity index (χ0v) is 9.83. The summed E-state index contributed by atoms with van der Waals surface area (Å²) in [6.45, 7) is 2.29. The van der Waals surface area contributed by atoms with Crippen molar-refractivity contribution < 1.29 is 0 Å². The topological polar surface area (TPSA) is 29.3 Å². The zero-order chi connectivity index (χ0) is 11.1. The number of nitrogens with zero attached hydrogens (tertiary/aromatic N) is 1. The predicted octanol–water partition coefficient (Wildman–Crippen LogP) is 2.25. The van der Waals surface area contributed by atoms with Gasteiger partial charge in [0.15, 0.2) is 0 Å². The lowest BCUT2D eigenvalue weighted by molar-refractivity contribution is 0.259. The van der Waals surface area contributed by atoms with E-state index in [-0.39, 0.29) is 0 Å². The lowest BCUT2D eigenvalue weighted by Gasteiger charge is -2.30. The molecule has 0 aromatic heterocycles. The molecule has 1 fully saturated rings. The highest BCUT2D eigenvalue weighted by atomic mass is 15.1. The highest BCUT2D eigenvalue weighted by Crippen LogP contribution is 2.53. The van der Waals surface area contributed by atoms with Gasteiger partial charge in [0.1, 0.15) is 0 Å². The van der Waals surface area contributed by atoms with Crippen LogP contribution < -0.4 is 5.73 Å². The van der Waals surface area contributed by atoms with Crippen LogP contribution in [-0.2, 0) is 5.41 Å². The van der Waals surface area contributed by atoms with Crippen LogP contribution in [0.15, 0.2) is 24.3 Å². The van der Waals surface area contributed by atoms with Gasteiger partial charge in [-0.3, -0.25) is 0 Å². The Morgan fingerprint density at radius 2 is 1.87 bits per heavy atom. The smallest absolute Gasteiger partial charge is 0.0352 e. The van der Waals surface area contributed by atoms with E-state index in [2.05, 4.69) is 38.1 Å². The number of likely N-dealkylation sites (N-methyl/N-ethyl adjacent to an activating group) is 1. The Bertz CT molecular complexity index is 353. The van der Waals surface area contributed by atoms with Crippen LogP contribution in [0.2, 0.25) is 0 Å². The first-order valence-electron chi connectivity index (χ1n) is 5.59. The molecular formula is C13H20N2. The van der Waals surface area contributed by atoms with Crippen molar-refractivity contribution in [2.24, 2.45) is 0 Å². The summed E-state index contributed by atoms with van der Waals surface area (Å²) in [7, 11) is 4.29. The number of rotatable bonds is 3. The average molecular weight is 204 g/mol. The highest BCUT2D eigenvalue weighted by molar-refractivity contribution is 5.53. The molecular weight excluding hydrogens is 184 g/mol. The molecule has 1 unspecified atom stereocenters. The molecule has 1 aromatic carbocycles. The average Bonchev–Trinajstić information content (AvgIpc) is 2.98. The van der Waals surface area contributed by atoms with E-state index in [9.17, 15) is 0 Å². The minimum atomic E-state index is 0.314. The molecule has 2 nitrogen and oxygen atoms in total. The molecule has 0 heterocycles. The highest BCUT2D eigenvalue weighted by Gasteiger charge is 2.50. The molecule has 1 aliphatic carbocycles. The standard InChI is InChI=1S/C13H20N2/c1-10(15(2)3)13(8-9-13)11-6-4-5-7-12(11)14/h4-7,10H,8-9,14H2,1-3H3. The van der Waals surface area contributed by atoms with Gasteiger partial charge in [-0.25, -0.2) is 0 Å². The van der Waals surface area contributed by atoms with Crippen LogP contribution in [0.5, 0.6) is 0 Å². The molecule has 0 saturated heterocycles. The zero-order valence-electron chi connectivity index (χ0n) is 9.83. The SMILES string of the molecule is CC(N(C)C)C1(c2ccccc2N)CC1. The Labute approximate surface area is 92.1 Å². The number of hydrogen-bond donors (Lipinski definition) is 1. The van der Waals surface area contributed by atoms with Gasteiger partial charge in [-0.1, -0.05) is 18.2 Å². The first-order valence-corrected chi connectivity index (χ1v) is 5.59. The molecule has 2 N–H and O–H groups in total. The lowest BCUT2D eigenvalue weighted by atomic mass is 9.87. The molecule has 0 spiro atoms. The molecule has 0 aliphatic heterocycles. The fraction of sp³-hybridized carbons (Fsp3) is 0.538. The minimum absolute atomic E-state index is 0.314. The van der Waals surface area contributed by atoms with Gasteiger partial charge in [0.05, 0.1) is 0 Å². The van der Waals surface area contributed by atoms with Crippen molar-refractivity contribution in [2.75, 3.05) is 19.8 Å². The van der Waals surface area contributed by atoms with E-state index in [1.807, 2.05) is 12.1 Å². The van der Waals surface area contributed by atoms with E-state index in [0.717, 1.165) is 5.69 Å². The second-order valence-corrected chi connectivity index (χ2v) is 4.88. The summed E-state index contributed by atoms with van der Waals surface area (Å²) in [5.74, 6) is 0. The first-order chi connectivity index (χ1) is 7.08. The van der Waals surface area contributed by atoms with Crippen molar-refractivity contribution in [3.63, 3.8) is 0 Å². The van der Waals surface area contributed by atoms with Gasteiger partial charge in [0.25, 0.3) is 0 Å². The maximum absolute atomic E-state index is 6.07. The Morgan fingerprint density at radius 3 is 2.33 bits per heavy atom. The molecule has 82 valence electrons. The Hall–Kier alpha value is -1.02. The summed E-state index contributed by atoms with van der Waals surface area (Å²) in [4.78, 5) is 2.29. The van der Waals surface area contributed by atoms with E-state index < -0.39 is 0 Å². The molecule has 0 bridgehead atoms. The van der Waals surface area contributed by atoms with Crippen molar-refractivity contribution in [3.05, 3.63) is 29.8 Å². The van der Waals surface area contributed by atoms with Crippen molar-refractivity contribution in [1.29, 1.82) is 0 Å². The van der Waals surface area contributed by atoms with Crippen LogP contribution in [0.4, 0.5) is 5.69 Å². The van der Waals surface area contributed by atoms with E-state index in [1.165, 1.54) is 18.4 Å². The summed E-state index contributed by atoms with van der Waals surface area (Å²) in [6.07, 6.45) is 2.53. The number of para-hydroxylation sites is 1. The largest absolute Gasteiger partial charge is 0.398 e. The van der Waals surface area contributed by atoms with Gasteiger partial charge in [0.2, 0.25) is 0 Å². The minimum Gasteiger partial charge on any atom is -0.398 e. The van der Waals surface area contributed by atoms with Crippen LogP contribution in [0, 0.1) is 0 Å². The molecule has 0 amide bonds. The van der Waals surface area contributed by atoms with Crippen molar-refractivity contribution in [3.8, 4) is 0 Å². The maximum Gasteiger partial charge on any atom is 0.0352 e. The lowest BCUT2D eigenvalue weighted by Crippen LogP contribution is -2.36. The summed E-state index contributed by atoms with van der Waals surface area (Å²) in [6, 6.07) is 8.85. The van der Waals surface area contributed by atoms with Crippen molar-refractivity contribution >= 4 is 5.69 Å². The predicted molar refractivity (Wildman–Crippen MR) is 64.9 cm³/mol. The van der Waals surface area contributed by atoms with Gasteiger partial charge in [0, 0.05) is 17.1 Å².